The van der Waals surface area contributed by atoms with Gasteiger partial charge in [0.1, 0.15) is 0 Å². The Morgan fingerprint density at radius 2 is 2.33 bits per heavy atom. The Morgan fingerprint density at radius 3 is 2.67 bits per heavy atom. The number of nitrogens with zero attached hydrogens (tertiary/aromatic N) is 1. The molecule has 0 saturated heterocycles. The summed E-state index contributed by atoms with van der Waals surface area (Å²) in [6.07, 6.45) is 4.14. The van der Waals surface area contributed by atoms with Crippen molar-refractivity contribution < 1.29 is 5.11 Å². The smallest absolute Gasteiger partial charge is 0.274 e. The van der Waals surface area contributed by atoms with Gasteiger partial charge in [-0.05, 0) is 6.42 Å². The van der Waals surface area contributed by atoms with E-state index in [0.717, 1.165) is 6.42 Å². The van der Waals surface area contributed by atoms with Gasteiger partial charge in [-0.1, -0.05) is 6.08 Å². The molecule has 0 aromatic rings. The van der Waals surface area contributed by atoms with Crippen LogP contribution < -0.4 is 4.67 Å². The molecule has 1 unspecified atom stereocenters. The van der Waals surface area contributed by atoms with Crippen LogP contribution in [0.5, 0.6) is 0 Å². The van der Waals surface area contributed by atoms with E-state index >= 15 is 0 Å². The van der Waals surface area contributed by atoms with E-state index in [-0.39, 0.29) is 12.5 Å². The molecule has 0 aliphatic heterocycles. The van der Waals surface area contributed by atoms with Crippen LogP contribution in [0.15, 0.2) is 12.7 Å². The van der Waals surface area contributed by atoms with E-state index < -0.39 is 0 Å². The van der Waals surface area contributed by atoms with E-state index in [0.29, 0.717) is 0 Å². The van der Waals surface area contributed by atoms with Gasteiger partial charge in [0, 0.05) is 0 Å². The van der Waals surface area contributed by atoms with Gasteiger partial charge in [0.25, 0.3) is 12.9 Å². The van der Waals surface area contributed by atoms with Crippen LogP contribution in [0.4, 0.5) is 0 Å². The summed E-state index contributed by atoms with van der Waals surface area (Å²) >= 11 is 0. The molecule has 9 heavy (non-hydrogen) atoms. The maximum absolute atomic E-state index is 8.62. The van der Waals surface area contributed by atoms with Gasteiger partial charge in [0.05, 0.1) is 12.5 Å². The van der Waals surface area contributed by atoms with Crippen molar-refractivity contribution in [3.05, 3.63) is 12.7 Å². The molecule has 1 N–H and O–H groups in total. The Kier molecular flexibility index (Phi) is 4.79. The Morgan fingerprint density at radius 1 is 1.67 bits per heavy atom. The van der Waals surface area contributed by atoms with Crippen molar-refractivity contribution >= 4 is 12.9 Å². The fourth-order valence-corrected chi connectivity index (χ4v) is 0.546. The van der Waals surface area contributed by atoms with Gasteiger partial charge in [-0.25, -0.2) is 0 Å². The second-order valence-corrected chi connectivity index (χ2v) is 1.80. The van der Waals surface area contributed by atoms with Gasteiger partial charge in [0.15, 0.2) is 0 Å². The van der Waals surface area contributed by atoms with E-state index in [1.165, 1.54) is 0 Å². The lowest BCUT2D eigenvalue weighted by atomic mass is 10.1. The average molecular weight is 126 g/mol. The highest BCUT2D eigenvalue weighted by Crippen LogP contribution is 1.96. The Balaban J connectivity index is 3.66. The second kappa shape index (κ2) is 5.29. The average Bonchev–Trinajstić information content (AvgIpc) is 1.88. The van der Waals surface area contributed by atoms with Gasteiger partial charge in [0.2, 0.25) is 0 Å². The molecule has 0 aliphatic carbocycles. The maximum atomic E-state index is 8.62. The third-order valence-corrected chi connectivity index (χ3v) is 1.02. The van der Waals surface area contributed by atoms with Crippen molar-refractivity contribution in [3.63, 3.8) is 0 Å². The maximum Gasteiger partial charge on any atom is 0.274 e. The monoisotopic (exact) mass is 126 g/mol. The van der Waals surface area contributed by atoms with Crippen LogP contribution in [-0.2, 0) is 0 Å². The first-order valence-electron chi connectivity index (χ1n) is 2.86. The highest BCUT2D eigenvalue weighted by Gasteiger charge is 2.04. The highest BCUT2D eigenvalue weighted by atomic mass is 16.3. The molecule has 0 heterocycles. The molecule has 2 nitrogen and oxygen atoms in total. The molecule has 0 saturated carbocycles. The normalized spacial score (nSPS) is 11.7. The zero-order valence-electron chi connectivity index (χ0n) is 5.45. The fraction of sp³-hybridized carbons (Fsp3) is 0.429. The summed E-state index contributed by atoms with van der Waals surface area (Å²) in [5.41, 5.74) is 0. The third-order valence-electron chi connectivity index (χ3n) is 1.02. The van der Waals surface area contributed by atoms with Gasteiger partial charge < -0.3 is 5.11 Å². The molecule has 0 bridgehead atoms. The quantitative estimate of drug-likeness (QED) is 0.321. The number of allylic oxidation sites excluding steroid dienone is 1. The minimum Gasteiger partial charge on any atom is -0.395 e. The lowest BCUT2D eigenvalue weighted by Crippen LogP contribution is -2.07. The van der Waals surface area contributed by atoms with E-state index in [2.05, 4.69) is 18.0 Å². The molecule has 1 atom stereocenters. The zero-order chi connectivity index (χ0) is 7.11. The number of aliphatic hydroxyl groups is 1. The molecule has 0 aromatic carbocycles. The van der Waals surface area contributed by atoms with Gasteiger partial charge in [-0.2, -0.15) is 0 Å². The van der Waals surface area contributed by atoms with E-state index in [1.807, 2.05) is 0 Å². The highest BCUT2D eigenvalue weighted by molar-refractivity contribution is 5.61. The summed E-state index contributed by atoms with van der Waals surface area (Å²) < 4.78 is 3.54. The van der Waals surface area contributed by atoms with E-state index in [9.17, 15) is 0 Å². The molecular weight excluding hydrogens is 114 g/mol. The molecule has 0 radical (unpaired) electrons. The summed E-state index contributed by atoms with van der Waals surface area (Å²) in [6, 6.07) is 0. The van der Waals surface area contributed by atoms with Gasteiger partial charge in [-0.15, -0.1) is 11.2 Å². The van der Waals surface area contributed by atoms with Crippen LogP contribution in [0.25, 0.3) is 0 Å². The number of hydrogen-bond acceptors (Lipinski definition) is 1. The van der Waals surface area contributed by atoms with Crippen LogP contribution >= 0.6 is 0 Å². The Labute approximate surface area is 55.3 Å². The SMILES string of the molecule is C=CCC(C=[N+]=C)CO. The van der Waals surface area contributed by atoms with Crippen LogP contribution in [-0.4, -0.2) is 24.6 Å². The predicted octanol–water partition coefficient (Wildman–Crippen LogP) is 0.00960. The fourth-order valence-electron chi connectivity index (χ4n) is 0.546. The summed E-state index contributed by atoms with van der Waals surface area (Å²) in [5, 5.41) is 8.62. The molecule has 0 amide bonds. The van der Waals surface area contributed by atoms with Crippen LogP contribution in [0, 0.1) is 5.92 Å². The van der Waals surface area contributed by atoms with Crippen molar-refractivity contribution in [2.24, 2.45) is 5.92 Å². The van der Waals surface area contributed by atoms with Gasteiger partial charge >= 0.3 is 0 Å². The van der Waals surface area contributed by atoms with Crippen LogP contribution in [0.2, 0.25) is 0 Å². The summed E-state index contributed by atoms with van der Waals surface area (Å²) in [4.78, 5) is 0. The molecule has 0 rings (SSSR count). The number of aliphatic hydroxyl groups excluding tert-OH is 1. The van der Waals surface area contributed by atoms with Crippen molar-refractivity contribution in [1.82, 2.24) is 4.67 Å². The zero-order valence-corrected chi connectivity index (χ0v) is 5.45. The van der Waals surface area contributed by atoms with E-state index in [4.69, 9.17) is 5.11 Å². The molecule has 50 valence electrons. The molecular formula is C7H12NO+. The largest absolute Gasteiger partial charge is 0.395 e. The predicted molar refractivity (Wildman–Crippen MR) is 40.7 cm³/mol. The first kappa shape index (κ1) is 8.15. The molecule has 0 fully saturated rings. The minimum atomic E-state index is 0.0972. The molecule has 0 aliphatic rings. The van der Waals surface area contributed by atoms with Crippen LogP contribution in [0.3, 0.4) is 0 Å². The number of hydrogen-bond donors (Lipinski definition) is 1. The van der Waals surface area contributed by atoms with Crippen molar-refractivity contribution in [3.8, 4) is 0 Å². The standard InChI is InChI=1S/C7H12NO/c1-3-4-7(6-9)5-8-2/h3,5,7,9H,1-2,4,6H2/q+1. The lowest BCUT2D eigenvalue weighted by Gasteiger charge is -1.95. The van der Waals surface area contributed by atoms with Gasteiger partial charge in [-0.3, -0.25) is 0 Å². The van der Waals surface area contributed by atoms with Crippen molar-refractivity contribution in [2.75, 3.05) is 6.61 Å². The Hall–Kier alpha value is -0.850. The second-order valence-electron chi connectivity index (χ2n) is 1.80. The van der Waals surface area contributed by atoms with E-state index in [1.54, 1.807) is 12.3 Å². The van der Waals surface area contributed by atoms with Crippen molar-refractivity contribution in [1.29, 1.82) is 0 Å². The number of rotatable bonds is 4. The van der Waals surface area contributed by atoms with Crippen molar-refractivity contribution in [2.45, 2.75) is 6.42 Å². The van der Waals surface area contributed by atoms with Crippen LogP contribution in [0.1, 0.15) is 6.42 Å². The summed E-state index contributed by atoms with van der Waals surface area (Å²) in [6.45, 7) is 6.93. The first-order chi connectivity index (χ1) is 4.35. The topological polar surface area (TPSA) is 34.3 Å². The molecule has 2 heteroatoms. The third kappa shape index (κ3) is 3.71. The summed E-state index contributed by atoms with van der Waals surface area (Å²) in [7, 11) is 0. The lowest BCUT2D eigenvalue weighted by molar-refractivity contribution is 0.264. The minimum absolute atomic E-state index is 0.0972. The first-order valence-corrected chi connectivity index (χ1v) is 2.86. The summed E-state index contributed by atoms with van der Waals surface area (Å²) in [5.74, 6) is 0.0972. The molecule has 0 spiro atoms. The Bertz CT molecular complexity index is 125. The molecule has 0 aromatic heterocycles.